The molecule has 0 spiro atoms. The Balaban J connectivity index is 2.69. The maximum absolute atomic E-state index is 11.2. The fraction of sp³-hybridized carbons (Fsp3) is 0.312. The molecule has 0 unspecified atom stereocenters. The molecule has 1 aromatic heterocycles. The molecule has 19 heavy (non-hydrogen) atoms. The van der Waals surface area contributed by atoms with E-state index in [4.69, 9.17) is 4.74 Å². The highest BCUT2D eigenvalue weighted by Crippen LogP contribution is 2.35. The molecule has 0 saturated heterocycles. The summed E-state index contributed by atoms with van der Waals surface area (Å²) in [7, 11) is 1.98. The van der Waals surface area contributed by atoms with Crippen molar-refractivity contribution in [3.63, 3.8) is 0 Å². The summed E-state index contributed by atoms with van der Waals surface area (Å²) in [5.74, 6) is 0.853. The number of benzene rings is 1. The third-order valence-corrected chi connectivity index (χ3v) is 3.55. The monoisotopic (exact) mass is 257 g/mol. The first-order valence-corrected chi connectivity index (χ1v) is 6.45. The van der Waals surface area contributed by atoms with E-state index in [9.17, 15) is 4.79 Å². The van der Waals surface area contributed by atoms with Crippen molar-refractivity contribution in [1.29, 1.82) is 0 Å². The van der Waals surface area contributed by atoms with Crippen LogP contribution in [-0.2, 0) is 7.05 Å². The van der Waals surface area contributed by atoms with Crippen LogP contribution in [0.4, 0.5) is 0 Å². The van der Waals surface area contributed by atoms with Gasteiger partial charge in [0.1, 0.15) is 5.75 Å². The molecule has 100 valence electrons. The zero-order chi connectivity index (χ0) is 14.0. The van der Waals surface area contributed by atoms with Gasteiger partial charge in [-0.2, -0.15) is 0 Å². The molecule has 3 heteroatoms. The molecule has 0 radical (unpaired) electrons. The molecule has 0 aliphatic carbocycles. The Morgan fingerprint density at radius 3 is 2.53 bits per heavy atom. The van der Waals surface area contributed by atoms with Gasteiger partial charge in [0.2, 0.25) is 0 Å². The molecule has 0 aliphatic heterocycles. The van der Waals surface area contributed by atoms with Crippen molar-refractivity contribution in [3.05, 3.63) is 41.1 Å². The van der Waals surface area contributed by atoms with E-state index in [1.165, 1.54) is 0 Å². The van der Waals surface area contributed by atoms with Crippen molar-refractivity contribution in [3.8, 4) is 17.0 Å². The van der Waals surface area contributed by atoms with Crippen molar-refractivity contribution >= 4 is 6.29 Å². The summed E-state index contributed by atoms with van der Waals surface area (Å²) in [6, 6.07) is 7.93. The number of hydrogen-bond acceptors (Lipinski definition) is 2. The summed E-state index contributed by atoms with van der Waals surface area (Å²) in [4.78, 5) is 11.2. The SMILES string of the molecule is CCOc1ccccc1-c1c(C)c(C=O)c(C)n1C. The molecule has 0 saturated carbocycles. The lowest BCUT2D eigenvalue weighted by molar-refractivity contribution is 0.112. The minimum Gasteiger partial charge on any atom is -0.493 e. The van der Waals surface area contributed by atoms with Crippen LogP contribution in [0.5, 0.6) is 5.75 Å². The highest BCUT2D eigenvalue weighted by molar-refractivity contribution is 5.85. The summed E-state index contributed by atoms with van der Waals surface area (Å²) in [5, 5.41) is 0. The fourth-order valence-electron chi connectivity index (χ4n) is 2.50. The summed E-state index contributed by atoms with van der Waals surface area (Å²) < 4.78 is 7.74. The lowest BCUT2D eigenvalue weighted by atomic mass is 10.0. The van der Waals surface area contributed by atoms with Gasteiger partial charge < -0.3 is 9.30 Å². The third-order valence-electron chi connectivity index (χ3n) is 3.55. The number of para-hydroxylation sites is 1. The second kappa shape index (κ2) is 5.31. The molecule has 3 nitrogen and oxygen atoms in total. The Hall–Kier alpha value is -2.03. The van der Waals surface area contributed by atoms with Gasteiger partial charge in [-0.3, -0.25) is 4.79 Å². The van der Waals surface area contributed by atoms with Crippen LogP contribution in [0.2, 0.25) is 0 Å². The first-order valence-electron chi connectivity index (χ1n) is 6.45. The quantitative estimate of drug-likeness (QED) is 0.785. The molecule has 0 amide bonds. The van der Waals surface area contributed by atoms with E-state index in [1.54, 1.807) is 0 Å². The van der Waals surface area contributed by atoms with Crippen LogP contribution in [0.3, 0.4) is 0 Å². The molecule has 2 aromatic rings. The van der Waals surface area contributed by atoms with Gasteiger partial charge in [-0.25, -0.2) is 0 Å². The number of nitrogens with zero attached hydrogens (tertiary/aromatic N) is 1. The van der Waals surface area contributed by atoms with E-state index in [0.717, 1.165) is 40.1 Å². The van der Waals surface area contributed by atoms with Crippen LogP contribution < -0.4 is 4.74 Å². The molecule has 0 N–H and O–H groups in total. The first kappa shape index (κ1) is 13.4. The van der Waals surface area contributed by atoms with Crippen LogP contribution in [0.1, 0.15) is 28.5 Å². The molecule has 1 aromatic carbocycles. The second-order valence-electron chi connectivity index (χ2n) is 4.58. The fourth-order valence-corrected chi connectivity index (χ4v) is 2.50. The highest BCUT2D eigenvalue weighted by atomic mass is 16.5. The number of hydrogen-bond donors (Lipinski definition) is 0. The smallest absolute Gasteiger partial charge is 0.152 e. The van der Waals surface area contributed by atoms with Crippen molar-refractivity contribution < 1.29 is 9.53 Å². The van der Waals surface area contributed by atoms with E-state index in [0.29, 0.717) is 6.61 Å². The topological polar surface area (TPSA) is 31.2 Å². The Bertz CT molecular complexity index is 611. The average Bonchev–Trinajstić information content (AvgIpc) is 2.62. The van der Waals surface area contributed by atoms with Crippen molar-refractivity contribution in [2.24, 2.45) is 7.05 Å². The maximum atomic E-state index is 11.2. The van der Waals surface area contributed by atoms with Gasteiger partial charge in [0.15, 0.2) is 6.29 Å². The second-order valence-corrected chi connectivity index (χ2v) is 4.58. The maximum Gasteiger partial charge on any atom is 0.152 e. The number of ether oxygens (including phenoxy) is 1. The summed E-state index contributed by atoms with van der Waals surface area (Å²) in [5.41, 5.74) is 4.82. The van der Waals surface area contributed by atoms with Gasteiger partial charge in [-0.05, 0) is 38.5 Å². The normalized spacial score (nSPS) is 10.5. The van der Waals surface area contributed by atoms with Crippen LogP contribution in [0.25, 0.3) is 11.3 Å². The minimum absolute atomic E-state index is 0.625. The van der Waals surface area contributed by atoms with E-state index < -0.39 is 0 Å². The summed E-state index contributed by atoms with van der Waals surface area (Å²) in [6.45, 7) is 6.54. The van der Waals surface area contributed by atoms with Gasteiger partial charge in [-0.1, -0.05) is 12.1 Å². The van der Waals surface area contributed by atoms with Crippen LogP contribution in [0.15, 0.2) is 24.3 Å². The van der Waals surface area contributed by atoms with Gasteiger partial charge in [0, 0.05) is 23.9 Å². The number of rotatable bonds is 4. The molecule has 0 bridgehead atoms. The molecular formula is C16H19NO2. The molecule has 1 heterocycles. The summed E-state index contributed by atoms with van der Waals surface area (Å²) >= 11 is 0. The van der Waals surface area contributed by atoms with Crippen LogP contribution in [-0.4, -0.2) is 17.5 Å². The van der Waals surface area contributed by atoms with E-state index in [2.05, 4.69) is 4.57 Å². The number of aromatic nitrogens is 1. The molecule has 0 fully saturated rings. The molecule has 2 rings (SSSR count). The van der Waals surface area contributed by atoms with Crippen LogP contribution >= 0.6 is 0 Å². The predicted octanol–water partition coefficient (Wildman–Crippen LogP) is 3.52. The largest absolute Gasteiger partial charge is 0.493 e. The van der Waals surface area contributed by atoms with E-state index >= 15 is 0 Å². The van der Waals surface area contributed by atoms with E-state index in [-0.39, 0.29) is 0 Å². The van der Waals surface area contributed by atoms with Crippen molar-refractivity contribution in [2.75, 3.05) is 6.61 Å². The Morgan fingerprint density at radius 2 is 1.95 bits per heavy atom. The van der Waals surface area contributed by atoms with Gasteiger partial charge in [0.25, 0.3) is 0 Å². The van der Waals surface area contributed by atoms with Crippen molar-refractivity contribution in [2.45, 2.75) is 20.8 Å². The van der Waals surface area contributed by atoms with Gasteiger partial charge >= 0.3 is 0 Å². The summed E-state index contributed by atoms with van der Waals surface area (Å²) in [6.07, 6.45) is 0.928. The average molecular weight is 257 g/mol. The zero-order valence-corrected chi connectivity index (χ0v) is 11.9. The first-order chi connectivity index (χ1) is 9.11. The standard InChI is InChI=1S/C16H19NO2/c1-5-19-15-9-7-6-8-13(15)16-11(2)14(10-18)12(3)17(16)4/h6-10H,5H2,1-4H3. The van der Waals surface area contributed by atoms with Gasteiger partial charge in [0.05, 0.1) is 12.3 Å². The number of carbonyl (C=O) groups is 1. The lowest BCUT2D eigenvalue weighted by Gasteiger charge is -2.12. The molecule has 0 atom stereocenters. The van der Waals surface area contributed by atoms with E-state index in [1.807, 2.05) is 52.1 Å². The van der Waals surface area contributed by atoms with Crippen LogP contribution in [0, 0.1) is 13.8 Å². The minimum atomic E-state index is 0.625. The highest BCUT2D eigenvalue weighted by Gasteiger charge is 2.18. The third kappa shape index (κ3) is 2.16. The number of aldehydes is 1. The molecular weight excluding hydrogens is 238 g/mol. The Labute approximate surface area is 113 Å². The zero-order valence-electron chi connectivity index (χ0n) is 11.9. The molecule has 0 aliphatic rings. The lowest BCUT2D eigenvalue weighted by Crippen LogP contribution is -1.99. The predicted molar refractivity (Wildman–Crippen MR) is 76.9 cm³/mol. The Morgan fingerprint density at radius 1 is 1.26 bits per heavy atom. The van der Waals surface area contributed by atoms with Gasteiger partial charge in [-0.15, -0.1) is 0 Å². The Kier molecular flexibility index (Phi) is 3.74. The van der Waals surface area contributed by atoms with Crippen molar-refractivity contribution in [1.82, 2.24) is 4.57 Å². The number of carbonyl (C=O) groups excluding carboxylic acids is 1.